The van der Waals surface area contributed by atoms with Crippen molar-refractivity contribution in [1.82, 2.24) is 25.1 Å². The van der Waals surface area contributed by atoms with Gasteiger partial charge in [0.05, 0.1) is 36.5 Å². The Morgan fingerprint density at radius 1 is 1.26 bits per heavy atom. The number of carbonyl (C=O) groups is 2. The molecule has 4 rings (SSSR count). The molecule has 1 saturated heterocycles. The fraction of sp³-hybridized carbons (Fsp3) is 0.455. The molecule has 2 aliphatic rings. The Balaban J connectivity index is 1.45. The molecule has 1 unspecified atom stereocenters. The zero-order valence-electron chi connectivity index (χ0n) is 18.0. The van der Waals surface area contributed by atoms with Gasteiger partial charge in [-0.05, 0) is 19.4 Å². The molecular formula is C22H28N6O3. The normalized spacial score (nSPS) is 18.2. The SMILES string of the molecule is CC(=O)N1CC(Nc2ncc3c(n2)CN(C(=O)NC(CO)c2ccccc2)C3(C)C)C1. The minimum atomic E-state index is -0.587. The van der Waals surface area contributed by atoms with Crippen LogP contribution in [0.3, 0.4) is 0 Å². The highest BCUT2D eigenvalue weighted by molar-refractivity contribution is 5.77. The first-order chi connectivity index (χ1) is 14.8. The average molecular weight is 425 g/mol. The van der Waals surface area contributed by atoms with Crippen molar-refractivity contribution in [3.05, 3.63) is 53.3 Å². The fourth-order valence-corrected chi connectivity index (χ4v) is 4.09. The molecule has 0 saturated carbocycles. The van der Waals surface area contributed by atoms with Gasteiger partial charge in [0.2, 0.25) is 11.9 Å². The molecule has 1 atom stereocenters. The lowest BCUT2D eigenvalue weighted by molar-refractivity contribution is -0.132. The third-order valence-corrected chi connectivity index (χ3v) is 6.10. The second-order valence-electron chi connectivity index (χ2n) is 8.56. The summed E-state index contributed by atoms with van der Waals surface area (Å²) in [6.07, 6.45) is 1.76. The summed E-state index contributed by atoms with van der Waals surface area (Å²) in [5, 5.41) is 16.0. The number of nitrogens with zero attached hydrogens (tertiary/aromatic N) is 4. The van der Waals surface area contributed by atoms with E-state index in [0.29, 0.717) is 25.6 Å². The van der Waals surface area contributed by atoms with E-state index in [1.807, 2.05) is 44.2 Å². The van der Waals surface area contributed by atoms with Crippen LogP contribution in [0.4, 0.5) is 10.7 Å². The number of benzene rings is 1. The van der Waals surface area contributed by atoms with Crippen molar-refractivity contribution < 1.29 is 14.7 Å². The van der Waals surface area contributed by atoms with Crippen LogP contribution in [0.5, 0.6) is 0 Å². The van der Waals surface area contributed by atoms with E-state index in [2.05, 4.69) is 20.6 Å². The van der Waals surface area contributed by atoms with E-state index in [1.165, 1.54) is 0 Å². The van der Waals surface area contributed by atoms with Gasteiger partial charge in [0.25, 0.3) is 0 Å². The minimum absolute atomic E-state index is 0.0630. The number of fused-ring (bicyclic) bond motifs is 1. The van der Waals surface area contributed by atoms with E-state index in [0.717, 1.165) is 16.8 Å². The van der Waals surface area contributed by atoms with Gasteiger partial charge in [0.1, 0.15) is 0 Å². The maximum atomic E-state index is 13.1. The van der Waals surface area contributed by atoms with Gasteiger partial charge in [-0.3, -0.25) is 4.79 Å². The van der Waals surface area contributed by atoms with Crippen molar-refractivity contribution in [2.75, 3.05) is 25.0 Å². The summed E-state index contributed by atoms with van der Waals surface area (Å²) in [5.74, 6) is 0.565. The van der Waals surface area contributed by atoms with Crippen LogP contribution in [-0.4, -0.2) is 62.6 Å². The largest absolute Gasteiger partial charge is 0.394 e. The highest BCUT2D eigenvalue weighted by Crippen LogP contribution is 2.38. The Labute approximate surface area is 181 Å². The van der Waals surface area contributed by atoms with Crippen molar-refractivity contribution in [1.29, 1.82) is 0 Å². The highest BCUT2D eigenvalue weighted by atomic mass is 16.3. The molecule has 1 fully saturated rings. The molecule has 1 aromatic carbocycles. The molecule has 31 heavy (non-hydrogen) atoms. The second-order valence-corrected chi connectivity index (χ2v) is 8.56. The zero-order valence-corrected chi connectivity index (χ0v) is 18.0. The lowest BCUT2D eigenvalue weighted by Gasteiger charge is -2.38. The predicted molar refractivity (Wildman–Crippen MR) is 115 cm³/mol. The van der Waals surface area contributed by atoms with Crippen LogP contribution in [0, 0.1) is 0 Å². The van der Waals surface area contributed by atoms with E-state index in [9.17, 15) is 14.7 Å². The molecule has 0 radical (unpaired) electrons. The Hall–Kier alpha value is -3.20. The smallest absolute Gasteiger partial charge is 0.319 e. The number of hydrogen-bond acceptors (Lipinski definition) is 6. The van der Waals surface area contributed by atoms with Gasteiger partial charge in [0.15, 0.2) is 0 Å². The lowest BCUT2D eigenvalue weighted by atomic mass is 9.97. The molecule has 9 heteroatoms. The molecule has 2 aromatic rings. The molecule has 9 nitrogen and oxygen atoms in total. The molecular weight excluding hydrogens is 396 g/mol. The minimum Gasteiger partial charge on any atom is -0.394 e. The van der Waals surface area contributed by atoms with Crippen molar-refractivity contribution in [2.45, 2.75) is 44.9 Å². The predicted octanol–water partition coefficient (Wildman–Crippen LogP) is 1.61. The maximum absolute atomic E-state index is 13.1. The van der Waals surface area contributed by atoms with Crippen LogP contribution in [0.25, 0.3) is 0 Å². The van der Waals surface area contributed by atoms with E-state index in [-0.39, 0.29) is 24.6 Å². The monoisotopic (exact) mass is 424 g/mol. The fourth-order valence-electron chi connectivity index (χ4n) is 4.09. The number of urea groups is 1. The maximum Gasteiger partial charge on any atom is 0.319 e. The number of aromatic nitrogens is 2. The third kappa shape index (κ3) is 4.05. The molecule has 3 N–H and O–H groups in total. The lowest BCUT2D eigenvalue weighted by Crippen LogP contribution is -2.56. The number of carbonyl (C=O) groups excluding carboxylic acids is 2. The first-order valence-corrected chi connectivity index (χ1v) is 10.4. The molecule has 0 bridgehead atoms. The molecule has 2 aliphatic heterocycles. The van der Waals surface area contributed by atoms with Crippen LogP contribution in [0.15, 0.2) is 36.5 Å². The summed E-state index contributed by atoms with van der Waals surface area (Å²) < 4.78 is 0. The van der Waals surface area contributed by atoms with Crippen LogP contribution in [0.2, 0.25) is 0 Å². The van der Waals surface area contributed by atoms with E-state index >= 15 is 0 Å². The van der Waals surface area contributed by atoms with Crippen LogP contribution < -0.4 is 10.6 Å². The summed E-state index contributed by atoms with van der Waals surface area (Å²) in [7, 11) is 0. The number of anilines is 1. The van der Waals surface area contributed by atoms with Crippen molar-refractivity contribution in [3.63, 3.8) is 0 Å². The van der Waals surface area contributed by atoms with Gasteiger partial charge in [-0.25, -0.2) is 14.8 Å². The zero-order chi connectivity index (χ0) is 22.2. The van der Waals surface area contributed by atoms with Crippen LogP contribution in [-0.2, 0) is 16.9 Å². The molecule has 1 aromatic heterocycles. The van der Waals surface area contributed by atoms with E-state index < -0.39 is 11.6 Å². The molecule has 3 heterocycles. The summed E-state index contributed by atoms with van der Waals surface area (Å²) in [6, 6.07) is 8.78. The molecule has 164 valence electrons. The first-order valence-electron chi connectivity index (χ1n) is 10.4. The Morgan fingerprint density at radius 3 is 2.61 bits per heavy atom. The van der Waals surface area contributed by atoms with Gasteiger partial charge in [-0.2, -0.15) is 0 Å². The number of likely N-dealkylation sites (tertiary alicyclic amines) is 1. The number of aliphatic hydroxyl groups is 1. The molecule has 3 amide bonds. The standard InChI is InChI=1S/C22H28N6O3/c1-14(30)27-10-16(11-27)24-20-23-9-17-18(25-20)12-28(22(17,2)3)21(31)26-19(13-29)15-7-5-4-6-8-15/h4-9,16,19,29H,10-13H2,1-3H3,(H,26,31)(H,23,24,25). The topological polar surface area (TPSA) is 111 Å². The number of nitrogens with one attached hydrogen (secondary N) is 2. The summed E-state index contributed by atoms with van der Waals surface area (Å²) in [6.45, 7) is 6.91. The summed E-state index contributed by atoms with van der Waals surface area (Å²) in [4.78, 5) is 37.0. The molecule has 0 spiro atoms. The van der Waals surface area contributed by atoms with Gasteiger partial charge in [-0.15, -0.1) is 0 Å². The molecule has 0 aliphatic carbocycles. The third-order valence-electron chi connectivity index (χ3n) is 6.10. The van der Waals surface area contributed by atoms with Crippen molar-refractivity contribution >= 4 is 17.9 Å². The average Bonchev–Trinajstić information content (AvgIpc) is 2.99. The first kappa shape index (κ1) is 21.0. The van der Waals surface area contributed by atoms with Crippen LogP contribution >= 0.6 is 0 Å². The number of hydrogen-bond donors (Lipinski definition) is 3. The van der Waals surface area contributed by atoms with E-state index in [4.69, 9.17) is 0 Å². The number of aliphatic hydroxyl groups excluding tert-OH is 1. The highest BCUT2D eigenvalue weighted by Gasteiger charge is 2.42. The number of amides is 3. The Morgan fingerprint density at radius 2 is 1.97 bits per heavy atom. The van der Waals surface area contributed by atoms with Gasteiger partial charge >= 0.3 is 6.03 Å². The number of rotatable bonds is 5. The Bertz CT molecular complexity index is 974. The van der Waals surface area contributed by atoms with E-state index in [1.54, 1.807) is 22.9 Å². The van der Waals surface area contributed by atoms with Gasteiger partial charge in [0, 0.05) is 31.8 Å². The summed E-state index contributed by atoms with van der Waals surface area (Å²) in [5.41, 5.74) is 1.95. The quantitative estimate of drug-likeness (QED) is 0.673. The van der Waals surface area contributed by atoms with Crippen LogP contribution in [0.1, 0.15) is 43.6 Å². The van der Waals surface area contributed by atoms with Crippen molar-refractivity contribution in [3.8, 4) is 0 Å². The Kier molecular flexibility index (Phi) is 5.53. The van der Waals surface area contributed by atoms with Crippen molar-refractivity contribution in [2.24, 2.45) is 0 Å². The van der Waals surface area contributed by atoms with Gasteiger partial charge in [-0.1, -0.05) is 30.3 Å². The second kappa shape index (κ2) is 8.14. The summed E-state index contributed by atoms with van der Waals surface area (Å²) >= 11 is 0. The van der Waals surface area contributed by atoms with Gasteiger partial charge < -0.3 is 25.5 Å².